The first-order valence-electron chi connectivity index (χ1n) is 7.38. The first-order valence-corrected chi connectivity index (χ1v) is 7.38. The van der Waals surface area contributed by atoms with Gasteiger partial charge in [0.1, 0.15) is 0 Å². The zero-order chi connectivity index (χ0) is 14.2. The lowest BCUT2D eigenvalue weighted by molar-refractivity contribution is 0.282. The van der Waals surface area contributed by atoms with E-state index in [0.29, 0.717) is 6.54 Å². The van der Waals surface area contributed by atoms with Crippen molar-refractivity contribution in [2.45, 2.75) is 25.3 Å². The summed E-state index contributed by atoms with van der Waals surface area (Å²) in [7, 11) is 0. The van der Waals surface area contributed by atoms with Crippen molar-refractivity contribution in [1.82, 2.24) is 5.32 Å². The predicted molar refractivity (Wildman–Crippen MR) is 84.7 cm³/mol. The Balaban J connectivity index is 1.98. The Morgan fingerprint density at radius 1 is 1.00 bits per heavy atom. The minimum Gasteiger partial charge on any atom is -0.396 e. The van der Waals surface area contributed by atoms with Gasteiger partial charge < -0.3 is 16.2 Å². The summed E-state index contributed by atoms with van der Waals surface area (Å²) >= 11 is 0. The quantitative estimate of drug-likeness (QED) is 0.647. The lowest BCUT2D eigenvalue weighted by Crippen LogP contribution is -2.29. The Bertz CT molecular complexity index is 527. The number of fused-ring (bicyclic) bond motifs is 1. The highest BCUT2D eigenvalue weighted by molar-refractivity contribution is 5.83. The second-order valence-corrected chi connectivity index (χ2v) is 5.13. The van der Waals surface area contributed by atoms with E-state index in [9.17, 15) is 0 Å². The molecule has 0 amide bonds. The molecule has 3 nitrogen and oxygen atoms in total. The van der Waals surface area contributed by atoms with Gasteiger partial charge in [-0.25, -0.2) is 0 Å². The van der Waals surface area contributed by atoms with Crippen molar-refractivity contribution in [2.75, 3.05) is 19.7 Å². The molecule has 0 aliphatic carbocycles. The molecule has 0 bridgehead atoms. The standard InChI is InChI=1S/C17H24N2O/c18-13-17(19-10-4-1-5-11-20)16-9-8-14-6-2-3-7-15(14)12-16/h2-3,6-9,12,17,19-20H,1,4-5,10-11,13,18H2. The van der Waals surface area contributed by atoms with Crippen LogP contribution in [0.3, 0.4) is 0 Å². The maximum Gasteiger partial charge on any atom is 0.0444 e. The number of aliphatic hydroxyl groups is 1. The maximum absolute atomic E-state index is 8.76. The third-order valence-electron chi connectivity index (χ3n) is 3.64. The van der Waals surface area contributed by atoms with Crippen molar-refractivity contribution < 1.29 is 5.11 Å². The van der Waals surface area contributed by atoms with Crippen LogP contribution in [-0.2, 0) is 0 Å². The van der Waals surface area contributed by atoms with E-state index in [1.807, 2.05) is 0 Å². The van der Waals surface area contributed by atoms with Crippen molar-refractivity contribution in [3.63, 3.8) is 0 Å². The highest BCUT2D eigenvalue weighted by Crippen LogP contribution is 2.20. The van der Waals surface area contributed by atoms with Crippen molar-refractivity contribution in [3.8, 4) is 0 Å². The second kappa shape index (κ2) is 8.00. The summed E-state index contributed by atoms with van der Waals surface area (Å²) in [5.74, 6) is 0. The average Bonchev–Trinajstić information content (AvgIpc) is 2.50. The second-order valence-electron chi connectivity index (χ2n) is 5.13. The number of nitrogens with one attached hydrogen (secondary N) is 1. The first-order chi connectivity index (χ1) is 9.85. The molecule has 4 N–H and O–H groups in total. The summed E-state index contributed by atoms with van der Waals surface area (Å²) in [6, 6.07) is 15.1. The van der Waals surface area contributed by atoms with Crippen LogP contribution in [0.25, 0.3) is 10.8 Å². The molecule has 0 aliphatic rings. The number of aliphatic hydroxyl groups excluding tert-OH is 1. The number of hydrogen-bond acceptors (Lipinski definition) is 3. The molecule has 2 rings (SSSR count). The number of rotatable bonds is 8. The van der Waals surface area contributed by atoms with Gasteiger partial charge in [0.25, 0.3) is 0 Å². The molecule has 2 aromatic carbocycles. The van der Waals surface area contributed by atoms with E-state index in [4.69, 9.17) is 10.8 Å². The maximum atomic E-state index is 8.76. The zero-order valence-corrected chi connectivity index (χ0v) is 11.9. The summed E-state index contributed by atoms with van der Waals surface area (Å²) < 4.78 is 0. The average molecular weight is 272 g/mol. The van der Waals surface area contributed by atoms with Crippen molar-refractivity contribution in [2.24, 2.45) is 5.73 Å². The van der Waals surface area contributed by atoms with Gasteiger partial charge >= 0.3 is 0 Å². The van der Waals surface area contributed by atoms with Crippen LogP contribution >= 0.6 is 0 Å². The van der Waals surface area contributed by atoms with Crippen LogP contribution < -0.4 is 11.1 Å². The monoisotopic (exact) mass is 272 g/mol. The van der Waals surface area contributed by atoms with E-state index in [-0.39, 0.29) is 12.6 Å². The molecule has 0 heterocycles. The summed E-state index contributed by atoms with van der Waals surface area (Å²) in [6.45, 7) is 1.82. The molecule has 0 aromatic heterocycles. The largest absolute Gasteiger partial charge is 0.396 e. The summed E-state index contributed by atoms with van der Waals surface area (Å²) in [6.07, 6.45) is 3.01. The molecule has 108 valence electrons. The SMILES string of the molecule is NCC(NCCCCCO)c1ccc2ccccc2c1. The minimum atomic E-state index is 0.203. The van der Waals surface area contributed by atoms with Crippen molar-refractivity contribution in [3.05, 3.63) is 48.0 Å². The molecule has 3 heteroatoms. The predicted octanol–water partition coefficient (Wildman–Crippen LogP) is 2.59. The Hall–Kier alpha value is -1.42. The highest BCUT2D eigenvalue weighted by Gasteiger charge is 2.08. The van der Waals surface area contributed by atoms with Crippen molar-refractivity contribution in [1.29, 1.82) is 0 Å². The van der Waals surface area contributed by atoms with Gasteiger partial charge in [0.15, 0.2) is 0 Å². The van der Waals surface area contributed by atoms with Gasteiger partial charge in [-0.15, -0.1) is 0 Å². The topological polar surface area (TPSA) is 58.3 Å². The Morgan fingerprint density at radius 3 is 2.55 bits per heavy atom. The fourth-order valence-electron chi connectivity index (χ4n) is 2.45. The smallest absolute Gasteiger partial charge is 0.0444 e. The molecule has 20 heavy (non-hydrogen) atoms. The van der Waals surface area contributed by atoms with Gasteiger partial charge in [-0.2, -0.15) is 0 Å². The molecule has 0 saturated carbocycles. The van der Waals surface area contributed by atoms with Gasteiger partial charge in [0.05, 0.1) is 0 Å². The molecule has 0 saturated heterocycles. The van der Waals surface area contributed by atoms with Gasteiger partial charge in [-0.3, -0.25) is 0 Å². The van der Waals surface area contributed by atoms with Gasteiger partial charge in [-0.05, 0) is 48.2 Å². The molecule has 0 aliphatic heterocycles. The van der Waals surface area contributed by atoms with Gasteiger partial charge in [0, 0.05) is 19.2 Å². The lowest BCUT2D eigenvalue weighted by atomic mass is 10.0. The Kier molecular flexibility index (Phi) is 5.99. The zero-order valence-electron chi connectivity index (χ0n) is 11.9. The van der Waals surface area contributed by atoms with E-state index in [0.717, 1.165) is 25.8 Å². The van der Waals surface area contributed by atoms with Crippen LogP contribution in [0.4, 0.5) is 0 Å². The number of benzene rings is 2. The molecular formula is C17H24N2O. The fraction of sp³-hybridized carbons (Fsp3) is 0.412. The molecule has 0 radical (unpaired) electrons. The third kappa shape index (κ3) is 4.04. The summed E-state index contributed by atoms with van der Waals surface area (Å²) in [5.41, 5.74) is 7.13. The minimum absolute atomic E-state index is 0.203. The summed E-state index contributed by atoms with van der Waals surface area (Å²) in [4.78, 5) is 0. The van der Waals surface area contributed by atoms with Crippen LogP contribution in [0.2, 0.25) is 0 Å². The van der Waals surface area contributed by atoms with Crippen LogP contribution in [-0.4, -0.2) is 24.8 Å². The van der Waals surface area contributed by atoms with Crippen LogP contribution in [0.1, 0.15) is 30.9 Å². The molecule has 2 aromatic rings. The van der Waals surface area contributed by atoms with Crippen LogP contribution in [0, 0.1) is 0 Å². The normalized spacial score (nSPS) is 12.7. The summed E-state index contributed by atoms with van der Waals surface area (Å²) in [5, 5.41) is 14.8. The van der Waals surface area contributed by atoms with Gasteiger partial charge in [0.2, 0.25) is 0 Å². The van der Waals surface area contributed by atoms with E-state index >= 15 is 0 Å². The number of nitrogens with two attached hydrogens (primary N) is 1. The Labute approximate surface area is 120 Å². The van der Waals surface area contributed by atoms with Crippen LogP contribution in [0.5, 0.6) is 0 Å². The van der Waals surface area contributed by atoms with E-state index in [1.165, 1.54) is 16.3 Å². The molecule has 1 atom stereocenters. The fourth-order valence-corrected chi connectivity index (χ4v) is 2.45. The van der Waals surface area contributed by atoms with Gasteiger partial charge in [-0.1, -0.05) is 36.4 Å². The van der Waals surface area contributed by atoms with E-state index < -0.39 is 0 Å². The third-order valence-corrected chi connectivity index (χ3v) is 3.64. The highest BCUT2D eigenvalue weighted by atomic mass is 16.2. The van der Waals surface area contributed by atoms with Crippen LogP contribution in [0.15, 0.2) is 42.5 Å². The first kappa shape index (κ1) is 15.0. The molecule has 0 spiro atoms. The number of hydrogen-bond donors (Lipinski definition) is 3. The van der Waals surface area contributed by atoms with Crippen molar-refractivity contribution >= 4 is 10.8 Å². The molecule has 0 fully saturated rings. The van der Waals surface area contributed by atoms with E-state index in [1.54, 1.807) is 0 Å². The lowest BCUT2D eigenvalue weighted by Gasteiger charge is -2.18. The molecular weight excluding hydrogens is 248 g/mol. The molecule has 1 unspecified atom stereocenters. The number of unbranched alkanes of at least 4 members (excludes halogenated alkanes) is 2. The Morgan fingerprint density at radius 2 is 1.80 bits per heavy atom. The van der Waals surface area contributed by atoms with E-state index in [2.05, 4.69) is 47.8 Å².